The van der Waals surface area contributed by atoms with Crippen molar-refractivity contribution in [3.63, 3.8) is 0 Å². The lowest BCUT2D eigenvalue weighted by Gasteiger charge is -2.24. The van der Waals surface area contributed by atoms with Gasteiger partial charge in [0.25, 0.3) is 0 Å². The van der Waals surface area contributed by atoms with Crippen molar-refractivity contribution in [1.82, 2.24) is 9.71 Å². The topological polar surface area (TPSA) is 71.1 Å². The second kappa shape index (κ2) is 2.68. The van der Waals surface area contributed by atoms with Gasteiger partial charge in [0, 0.05) is 12.4 Å². The largest absolute Gasteiger partial charge is 0.368 e. The highest BCUT2D eigenvalue weighted by Crippen LogP contribution is 2.23. The summed E-state index contributed by atoms with van der Waals surface area (Å²) in [6.45, 7) is 1.74. The van der Waals surface area contributed by atoms with Crippen molar-refractivity contribution >= 4 is 15.7 Å². The number of nitrogens with one attached hydrogen (secondary N) is 2. The molecule has 1 aliphatic heterocycles. The van der Waals surface area contributed by atoms with E-state index in [0.717, 1.165) is 0 Å². The molecule has 0 radical (unpaired) electrons. The highest BCUT2D eigenvalue weighted by atomic mass is 32.2. The third-order valence-corrected chi connectivity index (χ3v) is 3.35. The van der Waals surface area contributed by atoms with Crippen LogP contribution in [0.3, 0.4) is 0 Å². The van der Waals surface area contributed by atoms with E-state index in [9.17, 15) is 8.42 Å². The zero-order chi connectivity index (χ0) is 9.47. The van der Waals surface area contributed by atoms with E-state index in [2.05, 4.69) is 15.0 Å². The van der Waals surface area contributed by atoms with E-state index < -0.39 is 10.0 Å². The van der Waals surface area contributed by atoms with Crippen LogP contribution in [-0.2, 0) is 10.0 Å². The molecule has 0 saturated heterocycles. The van der Waals surface area contributed by atoms with E-state index in [1.807, 2.05) is 0 Å². The molecule has 0 amide bonds. The fraction of sp³-hybridized carbons (Fsp3) is 0.286. The number of nitrogens with zero attached hydrogens (tertiary/aromatic N) is 1. The minimum Gasteiger partial charge on any atom is -0.368 e. The molecule has 2 heterocycles. The van der Waals surface area contributed by atoms with E-state index in [1.165, 1.54) is 6.20 Å². The molecule has 70 valence electrons. The number of rotatable bonds is 0. The predicted octanol–water partition coefficient (Wildman–Crippen LogP) is 0.131. The van der Waals surface area contributed by atoms with Crippen molar-refractivity contribution in [3.8, 4) is 0 Å². The average molecular weight is 199 g/mol. The quantitative estimate of drug-likeness (QED) is 0.623. The minimum atomic E-state index is -3.37. The van der Waals surface area contributed by atoms with Crippen LogP contribution in [0.4, 0.5) is 5.69 Å². The molecule has 1 unspecified atom stereocenters. The highest BCUT2D eigenvalue weighted by Gasteiger charge is 2.26. The SMILES string of the molecule is CC1Nc2ccncc2S(=O)(=O)N1. The Labute approximate surface area is 76.2 Å². The molecule has 1 aliphatic rings. The number of sulfonamides is 1. The van der Waals surface area contributed by atoms with Gasteiger partial charge in [-0.15, -0.1) is 0 Å². The summed E-state index contributed by atoms with van der Waals surface area (Å²) in [7, 11) is -3.37. The monoisotopic (exact) mass is 199 g/mol. The van der Waals surface area contributed by atoms with Gasteiger partial charge in [-0.1, -0.05) is 0 Å². The van der Waals surface area contributed by atoms with Gasteiger partial charge in [-0.25, -0.2) is 8.42 Å². The van der Waals surface area contributed by atoms with Crippen LogP contribution in [0, 0.1) is 0 Å². The first kappa shape index (κ1) is 8.46. The zero-order valence-corrected chi connectivity index (χ0v) is 7.80. The maximum Gasteiger partial charge on any atom is 0.245 e. The van der Waals surface area contributed by atoms with Crippen LogP contribution in [0.2, 0.25) is 0 Å². The summed E-state index contributed by atoms with van der Waals surface area (Å²) >= 11 is 0. The zero-order valence-electron chi connectivity index (χ0n) is 6.98. The van der Waals surface area contributed by atoms with Gasteiger partial charge in [-0.3, -0.25) is 4.98 Å². The summed E-state index contributed by atoms with van der Waals surface area (Å²) in [5.74, 6) is 0. The molecular formula is C7H9N3O2S. The molecule has 0 bridgehead atoms. The Morgan fingerprint density at radius 3 is 3.08 bits per heavy atom. The van der Waals surface area contributed by atoms with Crippen LogP contribution in [0.1, 0.15) is 6.92 Å². The van der Waals surface area contributed by atoms with Gasteiger partial charge in [-0.2, -0.15) is 4.72 Å². The van der Waals surface area contributed by atoms with Crippen LogP contribution in [0.15, 0.2) is 23.4 Å². The van der Waals surface area contributed by atoms with E-state index in [4.69, 9.17) is 0 Å². The minimum absolute atomic E-state index is 0.202. The number of pyridine rings is 1. The van der Waals surface area contributed by atoms with Crippen molar-refractivity contribution in [2.45, 2.75) is 18.0 Å². The lowest BCUT2D eigenvalue weighted by Crippen LogP contribution is -2.42. The third kappa shape index (κ3) is 1.38. The van der Waals surface area contributed by atoms with E-state index in [-0.39, 0.29) is 11.1 Å². The molecule has 0 aromatic carbocycles. The molecule has 5 nitrogen and oxygen atoms in total. The summed E-state index contributed by atoms with van der Waals surface area (Å²) in [6, 6.07) is 1.64. The smallest absolute Gasteiger partial charge is 0.245 e. The Balaban J connectivity index is 2.63. The standard InChI is InChI=1S/C7H9N3O2S/c1-5-9-6-2-3-8-4-7(6)13(11,12)10-5/h2-5,9-10H,1H3. The fourth-order valence-corrected chi connectivity index (χ4v) is 2.54. The van der Waals surface area contributed by atoms with Gasteiger partial charge in [0.15, 0.2) is 0 Å². The number of hydrogen-bond acceptors (Lipinski definition) is 4. The van der Waals surface area contributed by atoms with Crippen molar-refractivity contribution in [1.29, 1.82) is 0 Å². The molecule has 0 fully saturated rings. The molecule has 0 spiro atoms. The summed E-state index contributed by atoms with van der Waals surface area (Å²) in [4.78, 5) is 3.96. The molecule has 2 rings (SSSR count). The van der Waals surface area contributed by atoms with Crippen molar-refractivity contribution in [3.05, 3.63) is 18.5 Å². The van der Waals surface area contributed by atoms with Gasteiger partial charge in [0.1, 0.15) is 4.90 Å². The van der Waals surface area contributed by atoms with Gasteiger partial charge in [0.2, 0.25) is 10.0 Å². The number of hydrogen-bond donors (Lipinski definition) is 2. The highest BCUT2D eigenvalue weighted by molar-refractivity contribution is 7.89. The van der Waals surface area contributed by atoms with E-state index in [1.54, 1.807) is 19.2 Å². The van der Waals surface area contributed by atoms with Gasteiger partial charge < -0.3 is 5.32 Å². The van der Waals surface area contributed by atoms with Gasteiger partial charge in [-0.05, 0) is 13.0 Å². The molecule has 2 N–H and O–H groups in total. The Morgan fingerprint density at radius 1 is 1.54 bits per heavy atom. The van der Waals surface area contributed by atoms with Crippen molar-refractivity contribution < 1.29 is 8.42 Å². The van der Waals surface area contributed by atoms with Crippen LogP contribution in [0.5, 0.6) is 0 Å². The van der Waals surface area contributed by atoms with Crippen molar-refractivity contribution in [2.24, 2.45) is 0 Å². The molecule has 0 saturated carbocycles. The van der Waals surface area contributed by atoms with Gasteiger partial charge in [0.05, 0.1) is 11.9 Å². The molecular weight excluding hydrogens is 190 g/mol. The maximum atomic E-state index is 11.5. The van der Waals surface area contributed by atoms with E-state index in [0.29, 0.717) is 5.69 Å². The second-order valence-corrected chi connectivity index (χ2v) is 4.54. The Hall–Kier alpha value is -1.14. The first-order chi connectivity index (χ1) is 6.09. The Bertz CT molecular complexity index is 429. The summed E-state index contributed by atoms with van der Waals surface area (Å²) in [6.07, 6.45) is 2.61. The van der Waals surface area contributed by atoms with E-state index >= 15 is 0 Å². The lowest BCUT2D eigenvalue weighted by molar-refractivity contribution is 0.565. The predicted molar refractivity (Wildman–Crippen MR) is 47.6 cm³/mol. The van der Waals surface area contributed by atoms with Crippen LogP contribution in [-0.4, -0.2) is 19.6 Å². The molecule has 1 atom stereocenters. The fourth-order valence-electron chi connectivity index (χ4n) is 1.27. The van der Waals surface area contributed by atoms with Crippen molar-refractivity contribution in [2.75, 3.05) is 5.32 Å². The molecule has 0 aliphatic carbocycles. The first-order valence-electron chi connectivity index (χ1n) is 3.82. The number of aromatic nitrogens is 1. The number of fused-ring (bicyclic) bond motifs is 1. The number of anilines is 1. The third-order valence-electron chi connectivity index (χ3n) is 1.78. The summed E-state index contributed by atoms with van der Waals surface area (Å²) in [5, 5.41) is 2.99. The summed E-state index contributed by atoms with van der Waals surface area (Å²) in [5.41, 5.74) is 0.598. The molecule has 1 aromatic rings. The van der Waals surface area contributed by atoms with Crippen LogP contribution >= 0.6 is 0 Å². The van der Waals surface area contributed by atoms with Crippen LogP contribution in [0.25, 0.3) is 0 Å². The average Bonchev–Trinajstić information content (AvgIpc) is 2.02. The lowest BCUT2D eigenvalue weighted by atomic mass is 10.4. The van der Waals surface area contributed by atoms with Gasteiger partial charge >= 0.3 is 0 Å². The Morgan fingerprint density at radius 2 is 2.31 bits per heavy atom. The summed E-state index contributed by atoms with van der Waals surface area (Å²) < 4.78 is 25.4. The maximum absolute atomic E-state index is 11.5. The Kier molecular flexibility index (Phi) is 1.74. The molecule has 13 heavy (non-hydrogen) atoms. The van der Waals surface area contributed by atoms with Crippen LogP contribution < -0.4 is 10.0 Å². The second-order valence-electron chi connectivity index (χ2n) is 2.86. The first-order valence-corrected chi connectivity index (χ1v) is 5.31. The molecule has 6 heteroatoms. The molecule has 1 aromatic heterocycles. The normalized spacial score (nSPS) is 24.5.